The summed E-state index contributed by atoms with van der Waals surface area (Å²) >= 11 is 0. The number of hydrogen-bond donors (Lipinski definition) is 1. The van der Waals surface area contributed by atoms with Gasteiger partial charge in [-0.2, -0.15) is 0 Å². The standard InChI is InChI=1S/C14H29N3O/c1-11(2)10-12(3)16(5)14(18)13(4)17-8-6-15-7-9-17/h11-13,15H,6-10H2,1-5H3. The quantitative estimate of drug-likeness (QED) is 0.801. The average molecular weight is 255 g/mol. The zero-order chi connectivity index (χ0) is 13.7. The maximum absolute atomic E-state index is 12.4. The first-order valence-corrected chi connectivity index (χ1v) is 7.15. The van der Waals surface area contributed by atoms with Crippen molar-refractivity contribution in [2.45, 2.75) is 46.2 Å². The molecule has 0 aromatic carbocycles. The van der Waals surface area contributed by atoms with E-state index in [0.717, 1.165) is 32.6 Å². The minimum Gasteiger partial charge on any atom is -0.342 e. The number of hydrogen-bond acceptors (Lipinski definition) is 3. The Morgan fingerprint density at radius 2 is 1.78 bits per heavy atom. The van der Waals surface area contributed by atoms with E-state index in [9.17, 15) is 4.79 Å². The fraction of sp³-hybridized carbons (Fsp3) is 0.929. The van der Waals surface area contributed by atoms with E-state index >= 15 is 0 Å². The van der Waals surface area contributed by atoms with E-state index < -0.39 is 0 Å². The summed E-state index contributed by atoms with van der Waals surface area (Å²) in [6.07, 6.45) is 1.07. The molecule has 0 aromatic heterocycles. The second kappa shape index (κ2) is 7.10. The average Bonchev–Trinajstić information content (AvgIpc) is 2.36. The summed E-state index contributed by atoms with van der Waals surface area (Å²) in [4.78, 5) is 16.6. The van der Waals surface area contributed by atoms with Crippen LogP contribution in [0.2, 0.25) is 0 Å². The van der Waals surface area contributed by atoms with Gasteiger partial charge < -0.3 is 10.2 Å². The van der Waals surface area contributed by atoms with E-state index in [1.807, 2.05) is 18.9 Å². The van der Waals surface area contributed by atoms with Gasteiger partial charge in [-0.1, -0.05) is 13.8 Å². The van der Waals surface area contributed by atoms with Crippen LogP contribution in [-0.4, -0.2) is 61.0 Å². The van der Waals surface area contributed by atoms with Gasteiger partial charge >= 0.3 is 0 Å². The molecule has 18 heavy (non-hydrogen) atoms. The molecule has 1 aliphatic heterocycles. The Labute approximate surface area is 112 Å². The van der Waals surface area contributed by atoms with Gasteiger partial charge in [0.25, 0.3) is 0 Å². The molecule has 1 N–H and O–H groups in total. The summed E-state index contributed by atoms with van der Waals surface area (Å²) in [7, 11) is 1.94. The molecule has 2 atom stereocenters. The number of nitrogens with zero attached hydrogens (tertiary/aromatic N) is 2. The fourth-order valence-electron chi connectivity index (χ4n) is 2.58. The monoisotopic (exact) mass is 255 g/mol. The van der Waals surface area contributed by atoms with Crippen molar-refractivity contribution >= 4 is 5.91 Å². The third-order valence-electron chi connectivity index (χ3n) is 3.88. The first-order valence-electron chi connectivity index (χ1n) is 7.15. The van der Waals surface area contributed by atoms with Crippen molar-refractivity contribution in [1.29, 1.82) is 0 Å². The van der Waals surface area contributed by atoms with Gasteiger partial charge in [-0.25, -0.2) is 0 Å². The summed E-state index contributed by atoms with van der Waals surface area (Å²) in [5, 5.41) is 3.32. The van der Waals surface area contributed by atoms with Crippen LogP contribution in [0, 0.1) is 5.92 Å². The van der Waals surface area contributed by atoms with Crippen molar-refractivity contribution < 1.29 is 4.79 Å². The molecule has 0 saturated carbocycles. The fourth-order valence-corrected chi connectivity index (χ4v) is 2.58. The molecule has 106 valence electrons. The normalized spacial score (nSPS) is 20.8. The van der Waals surface area contributed by atoms with E-state index in [0.29, 0.717) is 12.0 Å². The van der Waals surface area contributed by atoms with Crippen molar-refractivity contribution in [1.82, 2.24) is 15.1 Å². The third-order valence-corrected chi connectivity index (χ3v) is 3.88. The van der Waals surface area contributed by atoms with Crippen LogP contribution < -0.4 is 5.32 Å². The van der Waals surface area contributed by atoms with Crippen molar-refractivity contribution in [3.63, 3.8) is 0 Å². The maximum Gasteiger partial charge on any atom is 0.239 e. The molecule has 0 bridgehead atoms. The Hall–Kier alpha value is -0.610. The molecular weight excluding hydrogens is 226 g/mol. The molecule has 0 aliphatic carbocycles. The largest absolute Gasteiger partial charge is 0.342 e. The number of rotatable bonds is 5. The van der Waals surface area contributed by atoms with Gasteiger partial charge in [-0.15, -0.1) is 0 Å². The summed E-state index contributed by atoms with van der Waals surface area (Å²) in [5.41, 5.74) is 0. The van der Waals surface area contributed by atoms with Crippen molar-refractivity contribution in [3.05, 3.63) is 0 Å². The molecule has 0 aromatic rings. The lowest BCUT2D eigenvalue weighted by Crippen LogP contribution is -2.54. The molecule has 1 saturated heterocycles. The molecule has 4 heteroatoms. The van der Waals surface area contributed by atoms with Crippen molar-refractivity contribution in [3.8, 4) is 0 Å². The zero-order valence-corrected chi connectivity index (χ0v) is 12.6. The minimum absolute atomic E-state index is 0.00622. The Morgan fingerprint density at radius 3 is 2.28 bits per heavy atom. The third kappa shape index (κ3) is 4.25. The van der Waals surface area contributed by atoms with E-state index in [2.05, 4.69) is 31.0 Å². The van der Waals surface area contributed by atoms with E-state index in [4.69, 9.17) is 0 Å². The summed E-state index contributed by atoms with van der Waals surface area (Å²) < 4.78 is 0. The van der Waals surface area contributed by atoms with Crippen LogP contribution in [0.4, 0.5) is 0 Å². The second-order valence-corrected chi connectivity index (χ2v) is 5.89. The van der Waals surface area contributed by atoms with Crippen molar-refractivity contribution in [2.75, 3.05) is 33.2 Å². The molecule has 4 nitrogen and oxygen atoms in total. The zero-order valence-electron chi connectivity index (χ0n) is 12.6. The number of amides is 1. The van der Waals surface area contributed by atoms with Crippen LogP contribution in [-0.2, 0) is 4.79 Å². The molecule has 2 unspecified atom stereocenters. The highest BCUT2D eigenvalue weighted by Gasteiger charge is 2.27. The lowest BCUT2D eigenvalue weighted by atomic mass is 10.0. The van der Waals surface area contributed by atoms with Crippen LogP contribution in [0.25, 0.3) is 0 Å². The topological polar surface area (TPSA) is 35.6 Å². The summed E-state index contributed by atoms with van der Waals surface area (Å²) in [5.74, 6) is 0.884. The number of likely N-dealkylation sites (N-methyl/N-ethyl adjacent to an activating group) is 1. The minimum atomic E-state index is 0.00622. The summed E-state index contributed by atoms with van der Waals surface area (Å²) in [6.45, 7) is 12.5. The van der Waals surface area contributed by atoms with Gasteiger partial charge in [0, 0.05) is 39.3 Å². The Balaban J connectivity index is 2.50. The predicted octanol–water partition coefficient (Wildman–Crippen LogP) is 1.17. The number of nitrogens with one attached hydrogen (secondary N) is 1. The van der Waals surface area contributed by atoms with Crippen LogP contribution in [0.3, 0.4) is 0 Å². The SMILES string of the molecule is CC(C)CC(C)N(C)C(=O)C(C)N1CCNCC1. The predicted molar refractivity (Wildman–Crippen MR) is 75.6 cm³/mol. The molecule has 1 rings (SSSR count). The Bertz CT molecular complexity index is 262. The number of carbonyl (C=O) groups excluding carboxylic acids is 1. The van der Waals surface area contributed by atoms with Gasteiger partial charge in [-0.05, 0) is 26.2 Å². The van der Waals surface area contributed by atoms with E-state index in [1.165, 1.54) is 0 Å². The maximum atomic E-state index is 12.4. The molecule has 0 spiro atoms. The number of carbonyl (C=O) groups is 1. The second-order valence-electron chi connectivity index (χ2n) is 5.89. The lowest BCUT2D eigenvalue weighted by molar-refractivity contribution is -0.137. The summed E-state index contributed by atoms with van der Waals surface area (Å²) in [6, 6.07) is 0.328. The van der Waals surface area contributed by atoms with Crippen molar-refractivity contribution in [2.24, 2.45) is 5.92 Å². The first kappa shape index (κ1) is 15.4. The van der Waals surface area contributed by atoms with Gasteiger partial charge in [0.05, 0.1) is 6.04 Å². The van der Waals surface area contributed by atoms with E-state index in [-0.39, 0.29) is 11.9 Å². The molecule has 1 fully saturated rings. The molecular formula is C14H29N3O. The Morgan fingerprint density at radius 1 is 1.22 bits per heavy atom. The van der Waals surface area contributed by atoms with Crippen LogP contribution in [0.1, 0.15) is 34.1 Å². The van der Waals surface area contributed by atoms with Crippen LogP contribution in [0.5, 0.6) is 0 Å². The highest BCUT2D eigenvalue weighted by molar-refractivity contribution is 5.81. The molecule has 0 radical (unpaired) electrons. The molecule has 1 aliphatic rings. The highest BCUT2D eigenvalue weighted by Crippen LogP contribution is 2.12. The molecule has 1 amide bonds. The van der Waals surface area contributed by atoms with Crippen LogP contribution >= 0.6 is 0 Å². The van der Waals surface area contributed by atoms with Gasteiger partial charge in [-0.3, -0.25) is 9.69 Å². The molecule has 1 heterocycles. The van der Waals surface area contributed by atoms with Gasteiger partial charge in [0.1, 0.15) is 0 Å². The van der Waals surface area contributed by atoms with Crippen LogP contribution in [0.15, 0.2) is 0 Å². The number of piperazine rings is 1. The van der Waals surface area contributed by atoms with Gasteiger partial charge in [0.15, 0.2) is 0 Å². The Kier molecular flexibility index (Phi) is 6.09. The van der Waals surface area contributed by atoms with E-state index in [1.54, 1.807) is 0 Å². The lowest BCUT2D eigenvalue weighted by Gasteiger charge is -2.36. The first-order chi connectivity index (χ1) is 8.43. The van der Waals surface area contributed by atoms with Gasteiger partial charge in [0.2, 0.25) is 5.91 Å². The smallest absolute Gasteiger partial charge is 0.239 e. The highest BCUT2D eigenvalue weighted by atomic mass is 16.2.